The van der Waals surface area contributed by atoms with Gasteiger partial charge in [-0.3, -0.25) is 9.59 Å². The number of rotatable bonds is 8. The number of halogens is 1. The van der Waals surface area contributed by atoms with Crippen LogP contribution in [0.5, 0.6) is 0 Å². The van der Waals surface area contributed by atoms with E-state index in [1.54, 1.807) is 23.1 Å². The summed E-state index contributed by atoms with van der Waals surface area (Å²) < 4.78 is 13.7. The fourth-order valence-electron chi connectivity index (χ4n) is 2.95. The first-order valence-corrected chi connectivity index (χ1v) is 9.26. The van der Waals surface area contributed by atoms with E-state index in [0.29, 0.717) is 31.0 Å². The van der Waals surface area contributed by atoms with Gasteiger partial charge >= 0.3 is 0 Å². The molecule has 0 saturated heterocycles. The van der Waals surface area contributed by atoms with Gasteiger partial charge in [0, 0.05) is 32.1 Å². The Morgan fingerprint density at radius 3 is 2.37 bits per heavy atom. The number of amides is 2. The van der Waals surface area contributed by atoms with Gasteiger partial charge in [-0.15, -0.1) is 0 Å². The van der Waals surface area contributed by atoms with Crippen LogP contribution in [-0.2, 0) is 16.0 Å². The zero-order valence-corrected chi connectivity index (χ0v) is 16.2. The molecule has 0 saturated carbocycles. The van der Waals surface area contributed by atoms with E-state index in [1.807, 2.05) is 24.3 Å². The molecule has 144 valence electrons. The van der Waals surface area contributed by atoms with E-state index in [1.165, 1.54) is 13.0 Å². The summed E-state index contributed by atoms with van der Waals surface area (Å²) in [6, 6.07) is 14.3. The van der Waals surface area contributed by atoms with E-state index in [9.17, 15) is 14.0 Å². The molecule has 0 bridgehead atoms. The maximum atomic E-state index is 13.7. The van der Waals surface area contributed by atoms with Crippen molar-refractivity contribution in [3.05, 3.63) is 65.5 Å². The quantitative estimate of drug-likeness (QED) is 0.750. The number of para-hydroxylation sites is 1. The largest absolute Gasteiger partial charge is 0.342 e. The van der Waals surface area contributed by atoms with Crippen LogP contribution >= 0.6 is 0 Å². The van der Waals surface area contributed by atoms with Crippen LogP contribution in [0.15, 0.2) is 48.5 Å². The number of nitrogens with one attached hydrogen (secondary N) is 1. The van der Waals surface area contributed by atoms with Crippen molar-refractivity contribution in [2.75, 3.05) is 18.4 Å². The number of anilines is 1. The second-order valence-corrected chi connectivity index (χ2v) is 6.89. The van der Waals surface area contributed by atoms with Gasteiger partial charge in [-0.1, -0.05) is 50.2 Å². The summed E-state index contributed by atoms with van der Waals surface area (Å²) in [4.78, 5) is 25.8. The lowest BCUT2D eigenvalue weighted by molar-refractivity contribution is -0.129. The molecule has 4 nitrogen and oxygen atoms in total. The minimum Gasteiger partial charge on any atom is -0.342 e. The number of benzene rings is 2. The number of carbonyl (C=O) groups is 2. The molecule has 0 heterocycles. The lowest BCUT2D eigenvalue weighted by atomic mass is 10.0. The average molecular weight is 370 g/mol. The summed E-state index contributed by atoms with van der Waals surface area (Å²) in [5, 5.41) is 2.93. The van der Waals surface area contributed by atoms with E-state index in [-0.39, 0.29) is 24.1 Å². The predicted octanol–water partition coefficient (Wildman–Crippen LogP) is 4.37. The van der Waals surface area contributed by atoms with Gasteiger partial charge in [-0.2, -0.15) is 0 Å². The molecule has 5 heteroatoms. The van der Waals surface area contributed by atoms with Crippen LogP contribution in [0.1, 0.15) is 44.2 Å². The molecule has 27 heavy (non-hydrogen) atoms. The Bertz CT molecular complexity index is 789. The van der Waals surface area contributed by atoms with Crippen molar-refractivity contribution in [3.8, 4) is 0 Å². The zero-order chi connectivity index (χ0) is 19.8. The average Bonchev–Trinajstić information content (AvgIpc) is 2.63. The second-order valence-electron chi connectivity index (χ2n) is 6.89. The molecule has 2 amide bonds. The Kier molecular flexibility index (Phi) is 7.53. The number of carbonyl (C=O) groups excluding carboxylic acids is 2. The number of nitrogens with zero attached hydrogens (tertiary/aromatic N) is 1. The Balaban J connectivity index is 1.91. The summed E-state index contributed by atoms with van der Waals surface area (Å²) in [6.45, 7) is 6.30. The molecule has 0 unspecified atom stereocenters. The third kappa shape index (κ3) is 6.20. The van der Waals surface area contributed by atoms with Crippen molar-refractivity contribution in [1.29, 1.82) is 0 Å². The molecule has 0 aliphatic rings. The van der Waals surface area contributed by atoms with Crippen molar-refractivity contribution in [2.45, 2.75) is 39.5 Å². The second kappa shape index (κ2) is 9.86. The molecule has 0 radical (unpaired) electrons. The fourth-order valence-corrected chi connectivity index (χ4v) is 2.95. The first-order chi connectivity index (χ1) is 12.9. The van der Waals surface area contributed by atoms with E-state index in [4.69, 9.17) is 0 Å². The monoisotopic (exact) mass is 370 g/mol. The molecule has 0 atom stereocenters. The van der Waals surface area contributed by atoms with Crippen molar-refractivity contribution in [1.82, 2.24) is 4.90 Å². The third-order valence-electron chi connectivity index (χ3n) is 4.52. The molecule has 0 aliphatic heterocycles. The Hall–Kier alpha value is -2.69. The fraction of sp³-hybridized carbons (Fsp3) is 0.364. The molecule has 2 aromatic carbocycles. The highest BCUT2D eigenvalue weighted by atomic mass is 19.1. The Morgan fingerprint density at radius 1 is 1.04 bits per heavy atom. The predicted molar refractivity (Wildman–Crippen MR) is 106 cm³/mol. The standard InChI is InChI=1S/C22H27FN2O2/c1-16(2)19-9-5-7-11-21(19)24-22(27)13-15-25(17(3)26)14-12-18-8-4-6-10-20(18)23/h4-11,16H,12-15H2,1-3H3,(H,24,27). The van der Waals surface area contributed by atoms with Crippen LogP contribution in [0, 0.1) is 5.82 Å². The maximum Gasteiger partial charge on any atom is 0.226 e. The molecule has 2 rings (SSSR count). The summed E-state index contributed by atoms with van der Waals surface area (Å²) >= 11 is 0. The van der Waals surface area contributed by atoms with Gasteiger partial charge in [0.2, 0.25) is 11.8 Å². The van der Waals surface area contributed by atoms with E-state index >= 15 is 0 Å². The molecule has 1 N–H and O–H groups in total. The summed E-state index contributed by atoms with van der Waals surface area (Å²) in [5.74, 6) is -0.234. The van der Waals surface area contributed by atoms with Crippen LogP contribution in [0.25, 0.3) is 0 Å². The molecule has 2 aromatic rings. The zero-order valence-electron chi connectivity index (χ0n) is 16.2. The SMILES string of the molecule is CC(=O)N(CCC(=O)Nc1ccccc1C(C)C)CCc1ccccc1F. The molecule has 0 fully saturated rings. The van der Waals surface area contributed by atoms with Crippen LogP contribution in [-0.4, -0.2) is 29.8 Å². The third-order valence-corrected chi connectivity index (χ3v) is 4.52. The lowest BCUT2D eigenvalue weighted by Gasteiger charge is -2.21. The molecule has 0 aliphatic carbocycles. The van der Waals surface area contributed by atoms with Crippen LogP contribution in [0.2, 0.25) is 0 Å². The van der Waals surface area contributed by atoms with Crippen LogP contribution in [0.4, 0.5) is 10.1 Å². The highest BCUT2D eigenvalue weighted by Crippen LogP contribution is 2.23. The van der Waals surface area contributed by atoms with Gasteiger partial charge in [-0.05, 0) is 35.6 Å². The summed E-state index contributed by atoms with van der Waals surface area (Å²) in [7, 11) is 0. The summed E-state index contributed by atoms with van der Waals surface area (Å²) in [5.41, 5.74) is 2.45. The first-order valence-electron chi connectivity index (χ1n) is 9.26. The van der Waals surface area contributed by atoms with E-state index in [2.05, 4.69) is 19.2 Å². The van der Waals surface area contributed by atoms with Gasteiger partial charge in [0.25, 0.3) is 0 Å². The van der Waals surface area contributed by atoms with Gasteiger partial charge in [-0.25, -0.2) is 4.39 Å². The molecular weight excluding hydrogens is 343 g/mol. The highest BCUT2D eigenvalue weighted by molar-refractivity contribution is 5.92. The minimum atomic E-state index is -0.274. The maximum absolute atomic E-state index is 13.7. The Labute approximate surface area is 160 Å². The van der Waals surface area contributed by atoms with Crippen LogP contribution < -0.4 is 5.32 Å². The minimum absolute atomic E-state index is 0.123. The van der Waals surface area contributed by atoms with E-state index in [0.717, 1.165) is 11.3 Å². The normalized spacial score (nSPS) is 10.7. The summed E-state index contributed by atoms with van der Waals surface area (Å²) in [6.07, 6.45) is 0.618. The van der Waals surface area contributed by atoms with Gasteiger partial charge in [0.1, 0.15) is 5.82 Å². The number of hydrogen-bond acceptors (Lipinski definition) is 2. The first kappa shape index (κ1) is 20.6. The number of hydrogen-bond donors (Lipinski definition) is 1. The molecule has 0 spiro atoms. The van der Waals surface area contributed by atoms with Gasteiger partial charge in [0.15, 0.2) is 0 Å². The highest BCUT2D eigenvalue weighted by Gasteiger charge is 2.14. The molecule has 0 aromatic heterocycles. The smallest absolute Gasteiger partial charge is 0.226 e. The van der Waals surface area contributed by atoms with Gasteiger partial charge in [0.05, 0.1) is 0 Å². The van der Waals surface area contributed by atoms with E-state index < -0.39 is 0 Å². The van der Waals surface area contributed by atoms with Crippen molar-refractivity contribution in [3.63, 3.8) is 0 Å². The van der Waals surface area contributed by atoms with Crippen molar-refractivity contribution < 1.29 is 14.0 Å². The topological polar surface area (TPSA) is 49.4 Å². The van der Waals surface area contributed by atoms with Gasteiger partial charge < -0.3 is 10.2 Å². The van der Waals surface area contributed by atoms with Crippen LogP contribution in [0.3, 0.4) is 0 Å². The Morgan fingerprint density at radius 2 is 1.70 bits per heavy atom. The molecular formula is C22H27FN2O2. The van der Waals surface area contributed by atoms with Crippen molar-refractivity contribution in [2.24, 2.45) is 0 Å². The van der Waals surface area contributed by atoms with Crippen molar-refractivity contribution >= 4 is 17.5 Å². The lowest BCUT2D eigenvalue weighted by Crippen LogP contribution is -2.34.